The van der Waals surface area contributed by atoms with Crippen LogP contribution in [-0.2, 0) is 0 Å². The summed E-state index contributed by atoms with van der Waals surface area (Å²) in [5.41, 5.74) is 3.47. The van der Waals surface area contributed by atoms with Crippen LogP contribution < -0.4 is 10.6 Å². The molecule has 5 heterocycles. The first-order valence-corrected chi connectivity index (χ1v) is 10.9. The Bertz CT molecular complexity index is 1040. The van der Waals surface area contributed by atoms with Crippen LogP contribution in [0, 0.1) is 18.3 Å². The van der Waals surface area contributed by atoms with Crippen LogP contribution in [0.15, 0.2) is 11.6 Å². The Hall–Kier alpha value is -2.77. The third kappa shape index (κ3) is 3.63. The van der Waals surface area contributed by atoms with Gasteiger partial charge in [0.2, 0.25) is 5.95 Å². The van der Waals surface area contributed by atoms with Crippen LogP contribution in [0.25, 0.3) is 10.3 Å². The zero-order valence-electron chi connectivity index (χ0n) is 16.2. The van der Waals surface area contributed by atoms with Crippen LogP contribution in [0.2, 0.25) is 0 Å². The molecular weight excluding hydrogens is 386 g/mol. The van der Waals surface area contributed by atoms with Gasteiger partial charge >= 0.3 is 0 Å². The number of H-pyrrole nitrogens is 1. The molecule has 0 radical (unpaired) electrons. The average molecular weight is 410 g/mol. The highest BCUT2D eigenvalue weighted by Gasteiger charge is 2.40. The molecule has 2 saturated heterocycles. The van der Waals surface area contributed by atoms with Crippen LogP contribution in [0.4, 0.5) is 17.6 Å². The van der Waals surface area contributed by atoms with E-state index >= 15 is 0 Å². The van der Waals surface area contributed by atoms with Crippen LogP contribution in [0.1, 0.15) is 37.8 Å². The van der Waals surface area contributed by atoms with E-state index in [0.29, 0.717) is 42.0 Å². The van der Waals surface area contributed by atoms with Crippen LogP contribution in [0.5, 0.6) is 0 Å². The van der Waals surface area contributed by atoms with Crippen molar-refractivity contribution in [2.24, 2.45) is 0 Å². The Morgan fingerprint density at radius 2 is 2.14 bits per heavy atom. The second kappa shape index (κ2) is 7.57. The number of nitrogens with one attached hydrogen (secondary N) is 3. The van der Waals surface area contributed by atoms with Crippen LogP contribution >= 0.6 is 11.3 Å². The van der Waals surface area contributed by atoms with Crippen molar-refractivity contribution in [3.63, 3.8) is 0 Å². The fourth-order valence-electron chi connectivity index (χ4n) is 4.64. The SMILES string of the molecule is Cc1cc(Nc2nc(NC3CC4CCC(C3)N4CCC#N)c3scnc3n2)n[nH]1. The largest absolute Gasteiger partial charge is 0.366 e. The fourth-order valence-corrected chi connectivity index (χ4v) is 5.32. The Kier molecular flexibility index (Phi) is 4.77. The lowest BCUT2D eigenvalue weighted by molar-refractivity contribution is 0.136. The molecule has 2 atom stereocenters. The Morgan fingerprint density at radius 3 is 2.86 bits per heavy atom. The number of fused-ring (bicyclic) bond motifs is 3. The minimum atomic E-state index is 0.367. The fraction of sp³-hybridized carbons (Fsp3) is 0.526. The number of hydrogen-bond donors (Lipinski definition) is 3. The maximum absolute atomic E-state index is 8.93. The van der Waals surface area contributed by atoms with Crippen LogP contribution in [-0.4, -0.2) is 54.7 Å². The van der Waals surface area contributed by atoms with Crippen molar-refractivity contribution in [1.82, 2.24) is 30.0 Å². The van der Waals surface area contributed by atoms with E-state index in [-0.39, 0.29) is 0 Å². The van der Waals surface area contributed by atoms with Gasteiger partial charge in [0.15, 0.2) is 17.3 Å². The summed E-state index contributed by atoms with van der Waals surface area (Å²) in [5, 5.41) is 22.9. The summed E-state index contributed by atoms with van der Waals surface area (Å²) < 4.78 is 0.980. The van der Waals surface area contributed by atoms with E-state index in [0.717, 1.165) is 35.6 Å². The molecule has 0 aliphatic carbocycles. The molecule has 150 valence electrons. The smallest absolute Gasteiger partial charge is 0.232 e. The summed E-state index contributed by atoms with van der Waals surface area (Å²) in [5.74, 6) is 2.01. The number of piperidine rings is 1. The maximum Gasteiger partial charge on any atom is 0.232 e. The number of hydrogen-bond acceptors (Lipinski definition) is 9. The normalized spacial score (nSPS) is 23.9. The van der Waals surface area contributed by atoms with E-state index in [4.69, 9.17) is 10.2 Å². The molecule has 0 spiro atoms. The first-order chi connectivity index (χ1) is 14.2. The summed E-state index contributed by atoms with van der Waals surface area (Å²) in [7, 11) is 0. The molecule has 2 aliphatic rings. The van der Waals surface area contributed by atoms with Gasteiger partial charge in [0.1, 0.15) is 4.70 Å². The number of aromatic amines is 1. The first kappa shape index (κ1) is 18.3. The molecule has 0 amide bonds. The lowest BCUT2D eigenvalue weighted by atomic mass is 9.97. The molecule has 2 bridgehead atoms. The van der Waals surface area contributed by atoms with Gasteiger partial charge in [0, 0.05) is 42.9 Å². The second-order valence-electron chi connectivity index (χ2n) is 7.81. The molecule has 3 aromatic rings. The standard InChI is InChI=1S/C19H23N9S/c1-11-7-15(27-26-11)23-19-24-17-16(29-10-21-17)18(25-19)22-12-8-13-3-4-14(9-12)28(13)6-2-5-20/h7,10,12-14H,2-4,6,8-9H2,1H3,(H3,22,23,24,25,26,27). The van der Waals surface area contributed by atoms with Crippen molar-refractivity contribution < 1.29 is 0 Å². The quantitative estimate of drug-likeness (QED) is 0.568. The molecule has 29 heavy (non-hydrogen) atoms. The zero-order chi connectivity index (χ0) is 19.8. The number of thiazole rings is 1. The van der Waals surface area contributed by atoms with Gasteiger partial charge in [-0.1, -0.05) is 0 Å². The first-order valence-electron chi connectivity index (χ1n) is 9.99. The molecule has 2 fully saturated rings. The summed E-state index contributed by atoms with van der Waals surface area (Å²) >= 11 is 1.56. The number of aromatic nitrogens is 5. The Balaban J connectivity index is 1.35. The highest BCUT2D eigenvalue weighted by Crippen LogP contribution is 2.37. The van der Waals surface area contributed by atoms with Gasteiger partial charge in [0.05, 0.1) is 11.6 Å². The van der Waals surface area contributed by atoms with Gasteiger partial charge in [-0.2, -0.15) is 20.3 Å². The maximum atomic E-state index is 8.93. The molecule has 3 aromatic heterocycles. The second-order valence-corrected chi connectivity index (χ2v) is 8.66. The van der Waals surface area contributed by atoms with E-state index < -0.39 is 0 Å². The van der Waals surface area contributed by atoms with E-state index in [1.165, 1.54) is 12.8 Å². The Labute approximate surface area is 172 Å². The number of anilines is 3. The van der Waals surface area contributed by atoms with Crippen molar-refractivity contribution in [3.8, 4) is 6.07 Å². The average Bonchev–Trinajstić information content (AvgIpc) is 3.39. The molecule has 2 unspecified atom stereocenters. The summed E-state index contributed by atoms with van der Waals surface area (Å²) in [6.07, 6.45) is 5.21. The van der Waals surface area contributed by atoms with Gasteiger partial charge in [-0.25, -0.2) is 4.98 Å². The highest BCUT2D eigenvalue weighted by atomic mass is 32.1. The lowest BCUT2D eigenvalue weighted by Gasteiger charge is -2.39. The molecular formula is C19H23N9S. The number of nitrogens with zero attached hydrogens (tertiary/aromatic N) is 6. The van der Waals surface area contributed by atoms with E-state index in [1.54, 1.807) is 16.8 Å². The predicted molar refractivity (Wildman–Crippen MR) is 112 cm³/mol. The minimum absolute atomic E-state index is 0.367. The van der Waals surface area contributed by atoms with E-state index in [2.05, 4.69) is 41.8 Å². The van der Waals surface area contributed by atoms with E-state index in [9.17, 15) is 0 Å². The van der Waals surface area contributed by atoms with Crippen molar-refractivity contribution in [1.29, 1.82) is 5.26 Å². The summed E-state index contributed by atoms with van der Waals surface area (Å²) in [6, 6.07) is 5.68. The zero-order valence-corrected chi connectivity index (χ0v) is 17.0. The number of nitriles is 1. The van der Waals surface area contributed by atoms with Crippen molar-refractivity contribution in [2.45, 2.75) is 57.2 Å². The predicted octanol–water partition coefficient (Wildman–Crippen LogP) is 3.18. The molecule has 0 aromatic carbocycles. The Morgan fingerprint density at radius 1 is 1.31 bits per heavy atom. The molecule has 10 heteroatoms. The monoisotopic (exact) mass is 409 g/mol. The van der Waals surface area contributed by atoms with Crippen LogP contribution in [0.3, 0.4) is 0 Å². The summed E-state index contributed by atoms with van der Waals surface area (Å²) in [4.78, 5) is 16.2. The third-order valence-corrected chi connectivity index (χ3v) is 6.67. The number of aryl methyl sites for hydroxylation is 1. The van der Waals surface area contributed by atoms with Crippen molar-refractivity contribution in [2.75, 3.05) is 17.2 Å². The molecule has 0 saturated carbocycles. The van der Waals surface area contributed by atoms with Gasteiger partial charge < -0.3 is 10.6 Å². The van der Waals surface area contributed by atoms with Crippen molar-refractivity contribution in [3.05, 3.63) is 17.3 Å². The minimum Gasteiger partial charge on any atom is -0.366 e. The van der Waals surface area contributed by atoms with Crippen molar-refractivity contribution >= 4 is 39.3 Å². The van der Waals surface area contributed by atoms with E-state index in [1.807, 2.05) is 13.0 Å². The van der Waals surface area contributed by atoms with Gasteiger partial charge in [-0.05, 0) is 32.6 Å². The number of rotatable bonds is 6. The van der Waals surface area contributed by atoms with Gasteiger partial charge in [0.25, 0.3) is 0 Å². The lowest BCUT2D eigenvalue weighted by Crippen LogP contribution is -2.47. The molecule has 5 rings (SSSR count). The third-order valence-electron chi connectivity index (χ3n) is 5.85. The highest BCUT2D eigenvalue weighted by molar-refractivity contribution is 7.17. The molecule has 3 N–H and O–H groups in total. The topological polar surface area (TPSA) is 118 Å². The van der Waals surface area contributed by atoms with Gasteiger partial charge in [-0.15, -0.1) is 11.3 Å². The molecule has 9 nitrogen and oxygen atoms in total. The van der Waals surface area contributed by atoms with Gasteiger partial charge in [-0.3, -0.25) is 10.00 Å². The summed E-state index contributed by atoms with van der Waals surface area (Å²) in [6.45, 7) is 2.84. The molecule has 2 aliphatic heterocycles.